The van der Waals surface area contributed by atoms with Crippen molar-refractivity contribution in [3.05, 3.63) is 23.5 Å². The molecule has 2 aromatic rings. The SMILES string of the molecule is CC(C)(O)C1CC2(CC(NC(=O)C3CC(Oc4cc(F)cc5scnc45)C3)C2)C1. The van der Waals surface area contributed by atoms with E-state index in [0.717, 1.165) is 30.4 Å². The van der Waals surface area contributed by atoms with Crippen LogP contribution in [0.5, 0.6) is 5.75 Å². The lowest BCUT2D eigenvalue weighted by Gasteiger charge is -2.60. The summed E-state index contributed by atoms with van der Waals surface area (Å²) >= 11 is 1.39. The average Bonchev–Trinajstić information content (AvgIpc) is 2.97. The lowest BCUT2D eigenvalue weighted by Crippen LogP contribution is -2.60. The topological polar surface area (TPSA) is 71.5 Å². The third-order valence-electron chi connectivity index (χ3n) is 7.19. The second-order valence-electron chi connectivity index (χ2n) is 9.88. The normalized spacial score (nSPS) is 33.7. The van der Waals surface area contributed by atoms with Crippen molar-refractivity contribution >= 4 is 27.5 Å². The van der Waals surface area contributed by atoms with Gasteiger partial charge in [-0.25, -0.2) is 9.37 Å². The van der Waals surface area contributed by atoms with Crippen molar-refractivity contribution in [1.82, 2.24) is 10.3 Å². The molecule has 0 unspecified atom stereocenters. The zero-order valence-electron chi connectivity index (χ0n) is 16.8. The molecular weight excluding hydrogens is 391 g/mol. The lowest BCUT2D eigenvalue weighted by atomic mass is 9.47. The number of ether oxygens (including phenoxy) is 1. The Bertz CT molecular complexity index is 933. The molecule has 0 bridgehead atoms. The van der Waals surface area contributed by atoms with Crippen LogP contribution in [0.4, 0.5) is 4.39 Å². The Labute approximate surface area is 173 Å². The second kappa shape index (κ2) is 6.64. The van der Waals surface area contributed by atoms with Crippen LogP contribution < -0.4 is 10.1 Å². The van der Waals surface area contributed by atoms with Gasteiger partial charge >= 0.3 is 0 Å². The summed E-state index contributed by atoms with van der Waals surface area (Å²) < 4.78 is 20.5. The minimum atomic E-state index is -0.591. The van der Waals surface area contributed by atoms with Gasteiger partial charge in [0.25, 0.3) is 0 Å². The summed E-state index contributed by atoms with van der Waals surface area (Å²) in [7, 11) is 0. The van der Waals surface area contributed by atoms with Crippen molar-refractivity contribution in [3.63, 3.8) is 0 Å². The zero-order chi connectivity index (χ0) is 20.4. The second-order valence-corrected chi connectivity index (χ2v) is 10.8. The van der Waals surface area contributed by atoms with Gasteiger partial charge in [0.15, 0.2) is 0 Å². The van der Waals surface area contributed by atoms with Crippen LogP contribution in [-0.2, 0) is 4.79 Å². The highest BCUT2D eigenvalue weighted by molar-refractivity contribution is 7.16. The van der Waals surface area contributed by atoms with Crippen molar-refractivity contribution in [2.75, 3.05) is 0 Å². The predicted octanol–water partition coefficient (Wildman–Crippen LogP) is 4.04. The number of carbonyl (C=O) groups excluding carboxylic acids is 1. The van der Waals surface area contributed by atoms with Gasteiger partial charge < -0.3 is 15.2 Å². The van der Waals surface area contributed by atoms with Crippen molar-refractivity contribution in [2.24, 2.45) is 17.3 Å². The smallest absolute Gasteiger partial charge is 0.223 e. The van der Waals surface area contributed by atoms with E-state index < -0.39 is 5.60 Å². The van der Waals surface area contributed by atoms with E-state index in [-0.39, 0.29) is 29.8 Å². The summed E-state index contributed by atoms with van der Waals surface area (Å²) in [5.74, 6) is 0.614. The lowest BCUT2D eigenvalue weighted by molar-refractivity contribution is -0.144. The fourth-order valence-electron chi connectivity index (χ4n) is 5.27. The maximum absolute atomic E-state index is 13.7. The molecular formula is C22H27FN2O3S. The van der Waals surface area contributed by atoms with Gasteiger partial charge in [-0.1, -0.05) is 0 Å². The zero-order valence-corrected chi connectivity index (χ0v) is 17.6. The van der Waals surface area contributed by atoms with E-state index in [1.807, 2.05) is 13.8 Å². The van der Waals surface area contributed by atoms with E-state index >= 15 is 0 Å². The molecule has 156 valence electrons. The van der Waals surface area contributed by atoms with Crippen LogP contribution in [0.2, 0.25) is 0 Å². The first-order valence-electron chi connectivity index (χ1n) is 10.4. The molecule has 3 saturated carbocycles. The minimum Gasteiger partial charge on any atom is -0.488 e. The number of nitrogens with one attached hydrogen (secondary N) is 1. The molecule has 0 aliphatic heterocycles. The third-order valence-corrected chi connectivity index (χ3v) is 7.96. The van der Waals surface area contributed by atoms with Crippen LogP contribution in [0.1, 0.15) is 52.4 Å². The van der Waals surface area contributed by atoms with E-state index in [9.17, 15) is 14.3 Å². The van der Waals surface area contributed by atoms with Gasteiger partial charge in [-0.05, 0) is 69.8 Å². The van der Waals surface area contributed by atoms with E-state index in [2.05, 4.69) is 10.3 Å². The molecule has 3 aliphatic rings. The molecule has 7 heteroatoms. The van der Waals surface area contributed by atoms with Crippen molar-refractivity contribution in [2.45, 2.75) is 70.1 Å². The molecule has 3 aliphatic carbocycles. The van der Waals surface area contributed by atoms with Crippen LogP contribution in [-0.4, -0.2) is 33.7 Å². The number of hydrogen-bond donors (Lipinski definition) is 2. The molecule has 1 aromatic carbocycles. The first-order valence-corrected chi connectivity index (χ1v) is 11.3. The highest BCUT2D eigenvalue weighted by atomic mass is 32.1. The summed E-state index contributed by atoms with van der Waals surface area (Å²) in [6.07, 6.45) is 5.46. The Hall–Kier alpha value is -1.73. The van der Waals surface area contributed by atoms with Gasteiger partial charge in [0, 0.05) is 18.0 Å². The summed E-state index contributed by atoms with van der Waals surface area (Å²) in [5, 5.41) is 13.3. The first-order chi connectivity index (χ1) is 13.7. The number of nitrogens with zero attached hydrogens (tertiary/aromatic N) is 1. The number of halogens is 1. The minimum absolute atomic E-state index is 0.0263. The number of rotatable bonds is 5. The number of aromatic nitrogens is 1. The molecule has 29 heavy (non-hydrogen) atoms. The van der Waals surface area contributed by atoms with Gasteiger partial charge in [-0.15, -0.1) is 11.3 Å². The van der Waals surface area contributed by atoms with Crippen LogP contribution >= 0.6 is 11.3 Å². The number of amides is 1. The highest BCUT2D eigenvalue weighted by Crippen LogP contribution is 2.61. The largest absolute Gasteiger partial charge is 0.488 e. The molecule has 1 spiro atoms. The number of carbonyl (C=O) groups is 1. The molecule has 2 N–H and O–H groups in total. The molecule has 5 nitrogen and oxygen atoms in total. The van der Waals surface area contributed by atoms with Crippen LogP contribution in [0.3, 0.4) is 0 Å². The van der Waals surface area contributed by atoms with Crippen LogP contribution in [0.25, 0.3) is 10.2 Å². The summed E-state index contributed by atoms with van der Waals surface area (Å²) in [5.41, 5.74) is 2.13. The maximum atomic E-state index is 13.7. The monoisotopic (exact) mass is 418 g/mol. The third kappa shape index (κ3) is 3.52. The Kier molecular flexibility index (Phi) is 4.41. The maximum Gasteiger partial charge on any atom is 0.223 e. The Balaban J connectivity index is 1.07. The molecule has 5 rings (SSSR count). The highest BCUT2D eigenvalue weighted by Gasteiger charge is 2.56. The number of thiazole rings is 1. The summed E-state index contributed by atoms with van der Waals surface area (Å²) in [6, 6.07) is 3.11. The van der Waals surface area contributed by atoms with Crippen molar-refractivity contribution in [1.29, 1.82) is 0 Å². The molecule has 3 fully saturated rings. The van der Waals surface area contributed by atoms with Crippen molar-refractivity contribution in [3.8, 4) is 5.75 Å². The molecule has 0 saturated heterocycles. The molecule has 0 atom stereocenters. The van der Waals surface area contributed by atoms with Gasteiger partial charge in [-0.3, -0.25) is 4.79 Å². The Morgan fingerprint density at radius 1 is 1.31 bits per heavy atom. The quantitative estimate of drug-likeness (QED) is 0.769. The molecule has 1 amide bonds. The molecule has 0 radical (unpaired) electrons. The van der Waals surface area contributed by atoms with Gasteiger partial charge in [0.05, 0.1) is 15.8 Å². The number of fused-ring (bicyclic) bond motifs is 1. The average molecular weight is 419 g/mol. The van der Waals surface area contributed by atoms with E-state index in [1.165, 1.54) is 23.5 Å². The summed E-state index contributed by atoms with van der Waals surface area (Å²) in [6.45, 7) is 3.78. The fraction of sp³-hybridized carbons (Fsp3) is 0.636. The Morgan fingerprint density at radius 2 is 2.03 bits per heavy atom. The van der Waals surface area contributed by atoms with Crippen LogP contribution in [0.15, 0.2) is 17.6 Å². The molecule has 1 aromatic heterocycles. The molecule has 1 heterocycles. The van der Waals surface area contributed by atoms with Crippen LogP contribution in [0, 0.1) is 23.1 Å². The van der Waals surface area contributed by atoms with Crippen molar-refractivity contribution < 1.29 is 19.0 Å². The first kappa shape index (κ1) is 19.2. The number of benzene rings is 1. The fourth-order valence-corrected chi connectivity index (χ4v) is 5.99. The van der Waals surface area contributed by atoms with E-state index in [4.69, 9.17) is 4.74 Å². The van der Waals surface area contributed by atoms with Gasteiger partial charge in [0.2, 0.25) is 5.91 Å². The Morgan fingerprint density at radius 3 is 2.72 bits per heavy atom. The number of hydrogen-bond acceptors (Lipinski definition) is 5. The van der Waals surface area contributed by atoms with E-state index in [1.54, 1.807) is 5.51 Å². The summed E-state index contributed by atoms with van der Waals surface area (Å²) in [4.78, 5) is 16.8. The predicted molar refractivity (Wildman–Crippen MR) is 109 cm³/mol. The standard InChI is InChI=1S/C22H27FN2O3S/c1-21(2,27)13-7-22(8-13)9-15(10-22)25-20(26)12-3-16(4-12)28-17-5-14(23)6-18-19(17)24-11-29-18/h5-6,11-13,15-16,27H,3-4,7-10H2,1-2H3,(H,25,26). The van der Waals surface area contributed by atoms with E-state index in [0.29, 0.717) is 35.4 Å². The van der Waals surface area contributed by atoms with Gasteiger partial charge in [-0.2, -0.15) is 0 Å². The number of aliphatic hydroxyl groups is 1. The van der Waals surface area contributed by atoms with Gasteiger partial charge in [0.1, 0.15) is 23.2 Å².